The van der Waals surface area contributed by atoms with Crippen molar-refractivity contribution < 1.29 is 13.5 Å². The molecule has 144 valence electrons. The zero-order chi connectivity index (χ0) is 19.7. The first-order valence-corrected chi connectivity index (χ1v) is 9.91. The Morgan fingerprint density at radius 1 is 1.29 bits per heavy atom. The fraction of sp³-hybridized carbons (Fsp3) is 0.200. The van der Waals surface area contributed by atoms with Crippen LogP contribution in [0.3, 0.4) is 0 Å². The Labute approximate surface area is 170 Å². The van der Waals surface area contributed by atoms with Crippen molar-refractivity contribution in [2.24, 2.45) is 0 Å². The minimum absolute atomic E-state index is 0.213. The van der Waals surface area contributed by atoms with Crippen LogP contribution in [0, 0.1) is 11.6 Å². The molecule has 2 unspecified atom stereocenters. The summed E-state index contributed by atoms with van der Waals surface area (Å²) in [7, 11) is 0. The third kappa shape index (κ3) is 3.45. The minimum Gasteiger partial charge on any atom is -0.354 e. The van der Waals surface area contributed by atoms with Gasteiger partial charge in [0.15, 0.2) is 5.16 Å². The minimum atomic E-state index is -1.06. The van der Waals surface area contributed by atoms with Crippen LogP contribution in [0.4, 0.5) is 8.78 Å². The third-order valence-electron chi connectivity index (χ3n) is 4.56. The molecule has 3 aromatic rings. The molecular weight excluding hydrogens is 404 g/mol. The number of halogens is 3. The normalized spacial score (nSPS) is 20.9. The number of hydrogen-bond donors (Lipinski definition) is 0. The first-order chi connectivity index (χ1) is 13.5. The number of epoxide rings is 1. The summed E-state index contributed by atoms with van der Waals surface area (Å²) in [5.74, 6) is -0.657. The zero-order valence-corrected chi connectivity index (χ0v) is 16.3. The average molecular weight is 420 g/mol. The van der Waals surface area contributed by atoms with Crippen LogP contribution >= 0.6 is 23.4 Å². The molecule has 0 radical (unpaired) electrons. The fourth-order valence-electron chi connectivity index (χ4n) is 3.25. The maximum Gasteiger partial charge on any atom is 0.186 e. The van der Waals surface area contributed by atoms with Crippen LogP contribution < -0.4 is 0 Å². The van der Waals surface area contributed by atoms with Gasteiger partial charge >= 0.3 is 0 Å². The van der Waals surface area contributed by atoms with Crippen LogP contribution in [-0.2, 0) is 16.9 Å². The standard InChI is InChI=1S/C20H16ClF2N3OS/c1-2-9-28-19-24-12-25-26(19)11-20(15-8-7-13(22)10-17(15)23)18(27-20)14-5-3-4-6-16(14)21/h2-8,10,12,18H,1,9,11H2. The van der Waals surface area contributed by atoms with Gasteiger partial charge in [-0.2, -0.15) is 5.10 Å². The largest absolute Gasteiger partial charge is 0.354 e. The third-order valence-corrected chi connectivity index (χ3v) is 5.89. The van der Waals surface area contributed by atoms with Crippen molar-refractivity contribution in [3.8, 4) is 0 Å². The van der Waals surface area contributed by atoms with E-state index in [0.29, 0.717) is 15.9 Å². The molecule has 28 heavy (non-hydrogen) atoms. The predicted molar refractivity (Wildman–Crippen MR) is 104 cm³/mol. The van der Waals surface area contributed by atoms with Crippen molar-refractivity contribution in [2.45, 2.75) is 23.4 Å². The molecule has 0 saturated carbocycles. The summed E-state index contributed by atoms with van der Waals surface area (Å²) < 4.78 is 35.9. The second-order valence-corrected chi connectivity index (χ2v) is 7.73. The smallest absolute Gasteiger partial charge is 0.186 e. The van der Waals surface area contributed by atoms with Gasteiger partial charge in [-0.25, -0.2) is 18.4 Å². The highest BCUT2D eigenvalue weighted by Crippen LogP contribution is 2.59. The molecule has 4 rings (SSSR count). The monoisotopic (exact) mass is 419 g/mol. The average Bonchev–Trinajstić information content (AvgIpc) is 3.21. The van der Waals surface area contributed by atoms with Crippen molar-refractivity contribution in [1.29, 1.82) is 0 Å². The van der Waals surface area contributed by atoms with Gasteiger partial charge in [0.05, 0.1) is 6.54 Å². The van der Waals surface area contributed by atoms with E-state index in [1.807, 2.05) is 18.2 Å². The van der Waals surface area contributed by atoms with Crippen molar-refractivity contribution in [3.05, 3.63) is 89.2 Å². The number of hydrogen-bond acceptors (Lipinski definition) is 4. The lowest BCUT2D eigenvalue weighted by atomic mass is 9.91. The highest BCUT2D eigenvalue weighted by molar-refractivity contribution is 7.99. The molecule has 1 aliphatic rings. The molecule has 8 heteroatoms. The molecule has 2 aromatic carbocycles. The molecule has 1 aromatic heterocycles. The molecule has 0 aliphatic carbocycles. The number of thioether (sulfide) groups is 1. The van der Waals surface area contributed by atoms with E-state index in [0.717, 1.165) is 11.6 Å². The van der Waals surface area contributed by atoms with Crippen LogP contribution in [0.15, 0.2) is 66.6 Å². The van der Waals surface area contributed by atoms with Gasteiger partial charge in [-0.3, -0.25) is 0 Å². The van der Waals surface area contributed by atoms with Crippen molar-refractivity contribution in [2.75, 3.05) is 5.75 Å². The Balaban J connectivity index is 1.75. The van der Waals surface area contributed by atoms with Gasteiger partial charge in [-0.1, -0.05) is 53.7 Å². The Kier molecular flexibility index (Phi) is 5.23. The van der Waals surface area contributed by atoms with E-state index in [9.17, 15) is 8.78 Å². The predicted octanol–water partition coefficient (Wildman–Crippen LogP) is 5.15. The molecule has 2 heterocycles. The van der Waals surface area contributed by atoms with E-state index in [2.05, 4.69) is 16.7 Å². The van der Waals surface area contributed by atoms with E-state index in [-0.39, 0.29) is 12.1 Å². The second-order valence-electron chi connectivity index (χ2n) is 6.33. The Morgan fingerprint density at radius 2 is 2.11 bits per heavy atom. The number of ether oxygens (including phenoxy) is 1. The molecule has 0 spiro atoms. The molecule has 0 N–H and O–H groups in total. The lowest BCUT2D eigenvalue weighted by molar-refractivity contribution is 0.250. The molecule has 1 fully saturated rings. The van der Waals surface area contributed by atoms with Crippen LogP contribution in [0.25, 0.3) is 0 Å². The van der Waals surface area contributed by atoms with Gasteiger partial charge in [0.2, 0.25) is 0 Å². The molecule has 1 aliphatic heterocycles. The fourth-order valence-corrected chi connectivity index (χ4v) is 4.14. The zero-order valence-electron chi connectivity index (χ0n) is 14.7. The lowest BCUT2D eigenvalue weighted by Gasteiger charge is -2.16. The molecule has 4 nitrogen and oxygen atoms in total. The number of nitrogens with zero attached hydrogens (tertiary/aromatic N) is 3. The van der Waals surface area contributed by atoms with E-state index in [4.69, 9.17) is 16.3 Å². The van der Waals surface area contributed by atoms with Crippen molar-refractivity contribution in [3.63, 3.8) is 0 Å². The van der Waals surface area contributed by atoms with Crippen LogP contribution in [0.1, 0.15) is 17.2 Å². The Morgan fingerprint density at radius 3 is 2.86 bits per heavy atom. The highest BCUT2D eigenvalue weighted by atomic mass is 35.5. The first kappa shape index (κ1) is 19.1. The lowest BCUT2D eigenvalue weighted by Crippen LogP contribution is -2.22. The number of rotatable bonds is 7. The summed E-state index contributed by atoms with van der Waals surface area (Å²) in [5, 5.41) is 5.45. The van der Waals surface area contributed by atoms with E-state index in [1.165, 1.54) is 30.2 Å². The van der Waals surface area contributed by atoms with Gasteiger partial charge < -0.3 is 4.74 Å². The second kappa shape index (κ2) is 7.66. The summed E-state index contributed by atoms with van der Waals surface area (Å²) >= 11 is 7.80. The molecule has 0 amide bonds. The van der Waals surface area contributed by atoms with Gasteiger partial charge in [-0.15, -0.1) is 6.58 Å². The summed E-state index contributed by atoms with van der Waals surface area (Å²) in [6.45, 7) is 3.92. The van der Waals surface area contributed by atoms with Crippen molar-refractivity contribution in [1.82, 2.24) is 14.8 Å². The molecular formula is C20H16ClF2N3OS. The summed E-state index contributed by atoms with van der Waals surface area (Å²) in [5.41, 5.74) is -0.0535. The van der Waals surface area contributed by atoms with Gasteiger partial charge in [-0.05, 0) is 12.1 Å². The van der Waals surface area contributed by atoms with Crippen molar-refractivity contribution >= 4 is 23.4 Å². The molecule has 2 atom stereocenters. The number of aromatic nitrogens is 3. The maximum atomic E-state index is 14.7. The van der Waals surface area contributed by atoms with Crippen LogP contribution in [0.5, 0.6) is 0 Å². The SMILES string of the molecule is C=CCSc1ncnn1CC1(c2ccc(F)cc2F)OC1c1ccccc1Cl. The van der Waals surface area contributed by atoms with E-state index in [1.54, 1.807) is 16.8 Å². The molecule has 1 saturated heterocycles. The first-order valence-electron chi connectivity index (χ1n) is 8.54. The summed E-state index contributed by atoms with van der Waals surface area (Å²) in [6.07, 6.45) is 2.72. The van der Waals surface area contributed by atoms with Gasteiger partial charge in [0.25, 0.3) is 0 Å². The number of benzene rings is 2. The van der Waals surface area contributed by atoms with Gasteiger partial charge in [0, 0.05) is 28.0 Å². The Hall–Kier alpha value is -2.22. The van der Waals surface area contributed by atoms with E-state index < -0.39 is 23.3 Å². The quantitative estimate of drug-likeness (QED) is 0.301. The maximum absolute atomic E-state index is 14.7. The topological polar surface area (TPSA) is 43.2 Å². The summed E-state index contributed by atoms with van der Waals surface area (Å²) in [6, 6.07) is 10.7. The molecule has 0 bridgehead atoms. The van der Waals surface area contributed by atoms with Crippen LogP contribution in [0.2, 0.25) is 5.02 Å². The highest BCUT2D eigenvalue weighted by Gasteiger charge is 2.61. The summed E-state index contributed by atoms with van der Waals surface area (Å²) in [4.78, 5) is 4.24. The van der Waals surface area contributed by atoms with Crippen LogP contribution in [-0.4, -0.2) is 20.5 Å². The van der Waals surface area contributed by atoms with E-state index >= 15 is 0 Å². The van der Waals surface area contributed by atoms with Gasteiger partial charge in [0.1, 0.15) is 29.7 Å². The Bertz CT molecular complexity index is 1030.